The Balaban J connectivity index is 3.18. The molecule has 0 aliphatic heterocycles. The normalized spacial score (nSPS) is 10.3. The van der Waals surface area contributed by atoms with Gasteiger partial charge in [0.2, 0.25) is 0 Å². The molecular weight excluding hydrogens is 180 g/mol. The molecule has 0 unspecified atom stereocenters. The van der Waals surface area contributed by atoms with E-state index < -0.39 is 6.16 Å². The maximum absolute atomic E-state index is 10.9. The van der Waals surface area contributed by atoms with Crippen LogP contribution in [0.5, 0.6) is 0 Å². The number of hydrogen-bond donors (Lipinski definition) is 0. The van der Waals surface area contributed by atoms with Crippen molar-refractivity contribution in [1.82, 2.24) is 0 Å². The predicted molar refractivity (Wildman–Crippen MR) is 56.3 cm³/mol. The monoisotopic (exact) mass is 202 g/mol. The molecule has 0 fully saturated rings. The first kappa shape index (κ1) is 13.3. The van der Waals surface area contributed by atoms with Gasteiger partial charge in [-0.2, -0.15) is 0 Å². The van der Waals surface area contributed by atoms with E-state index in [0.29, 0.717) is 19.1 Å². The van der Waals surface area contributed by atoms with Crippen molar-refractivity contribution in [3.63, 3.8) is 0 Å². The van der Waals surface area contributed by atoms with Crippen molar-refractivity contribution in [1.29, 1.82) is 0 Å². The van der Waals surface area contributed by atoms with Crippen molar-refractivity contribution >= 4 is 6.16 Å². The first-order chi connectivity index (χ1) is 6.66. The molecule has 0 aliphatic carbocycles. The van der Waals surface area contributed by atoms with Gasteiger partial charge in [-0.3, -0.25) is 0 Å². The van der Waals surface area contributed by atoms with Gasteiger partial charge in [0.05, 0.1) is 13.2 Å². The molecule has 0 bridgehead atoms. The summed E-state index contributed by atoms with van der Waals surface area (Å²) in [4.78, 5) is 10.9. The second-order valence-electron chi connectivity index (χ2n) is 3.84. The lowest BCUT2D eigenvalue weighted by Crippen LogP contribution is -2.09. The highest BCUT2D eigenvalue weighted by atomic mass is 16.7. The maximum atomic E-state index is 10.9. The first-order valence-corrected chi connectivity index (χ1v) is 5.46. The Hall–Kier alpha value is -0.730. The SMILES string of the molecule is CCCCOC(=O)OCCCC(C)C. The lowest BCUT2D eigenvalue weighted by Gasteiger charge is -2.06. The molecule has 0 heterocycles. The van der Waals surface area contributed by atoms with E-state index in [9.17, 15) is 4.79 Å². The van der Waals surface area contributed by atoms with E-state index in [0.717, 1.165) is 25.7 Å². The topological polar surface area (TPSA) is 35.5 Å². The third-order valence-electron chi connectivity index (χ3n) is 1.86. The molecule has 14 heavy (non-hydrogen) atoms. The summed E-state index contributed by atoms with van der Waals surface area (Å²) in [5, 5.41) is 0. The standard InChI is InChI=1S/C11H22O3/c1-4-5-8-13-11(12)14-9-6-7-10(2)3/h10H,4-9H2,1-3H3. The summed E-state index contributed by atoms with van der Waals surface area (Å²) in [5.41, 5.74) is 0. The van der Waals surface area contributed by atoms with Crippen LogP contribution in [0.2, 0.25) is 0 Å². The van der Waals surface area contributed by atoms with E-state index >= 15 is 0 Å². The molecule has 0 atom stereocenters. The molecule has 0 aromatic heterocycles. The number of carbonyl (C=O) groups is 1. The largest absolute Gasteiger partial charge is 0.508 e. The summed E-state index contributed by atoms with van der Waals surface area (Å²) in [6.45, 7) is 7.30. The van der Waals surface area contributed by atoms with Gasteiger partial charge in [0.1, 0.15) is 0 Å². The third-order valence-corrected chi connectivity index (χ3v) is 1.86. The average Bonchev–Trinajstić information content (AvgIpc) is 2.13. The highest BCUT2D eigenvalue weighted by molar-refractivity contribution is 5.59. The molecule has 0 radical (unpaired) electrons. The Morgan fingerprint density at radius 2 is 1.71 bits per heavy atom. The molecule has 0 amide bonds. The summed E-state index contributed by atoms with van der Waals surface area (Å²) in [6.07, 6.45) is 3.41. The van der Waals surface area contributed by atoms with Gasteiger partial charge in [0.15, 0.2) is 0 Å². The molecule has 0 aromatic rings. The molecule has 84 valence electrons. The van der Waals surface area contributed by atoms with Gasteiger partial charge in [-0.25, -0.2) is 4.79 Å². The van der Waals surface area contributed by atoms with Gasteiger partial charge in [0.25, 0.3) is 0 Å². The van der Waals surface area contributed by atoms with Gasteiger partial charge >= 0.3 is 6.16 Å². The van der Waals surface area contributed by atoms with E-state index in [1.54, 1.807) is 0 Å². The Kier molecular flexibility index (Phi) is 8.39. The molecule has 3 nitrogen and oxygen atoms in total. The van der Waals surface area contributed by atoms with Gasteiger partial charge in [0, 0.05) is 0 Å². The zero-order valence-electron chi connectivity index (χ0n) is 9.54. The maximum Gasteiger partial charge on any atom is 0.508 e. The molecule has 0 saturated heterocycles. The van der Waals surface area contributed by atoms with Crippen molar-refractivity contribution in [2.75, 3.05) is 13.2 Å². The first-order valence-electron chi connectivity index (χ1n) is 5.46. The summed E-state index contributed by atoms with van der Waals surface area (Å²) >= 11 is 0. The predicted octanol–water partition coefficient (Wildman–Crippen LogP) is 3.38. The highest BCUT2D eigenvalue weighted by Gasteiger charge is 2.02. The molecule has 0 saturated carbocycles. The lowest BCUT2D eigenvalue weighted by atomic mass is 10.1. The Bertz CT molecular complexity index is 143. The van der Waals surface area contributed by atoms with E-state index in [1.165, 1.54) is 0 Å². The molecule has 0 spiro atoms. The van der Waals surface area contributed by atoms with Crippen LogP contribution < -0.4 is 0 Å². The minimum atomic E-state index is -0.526. The number of ether oxygens (including phenoxy) is 2. The Morgan fingerprint density at radius 1 is 1.14 bits per heavy atom. The number of carbonyl (C=O) groups excluding carboxylic acids is 1. The second-order valence-corrected chi connectivity index (χ2v) is 3.84. The van der Waals surface area contributed by atoms with Crippen LogP contribution in [0.15, 0.2) is 0 Å². The molecule has 0 aliphatic rings. The lowest BCUT2D eigenvalue weighted by molar-refractivity contribution is 0.0527. The Labute approximate surface area is 86.8 Å². The van der Waals surface area contributed by atoms with E-state index in [2.05, 4.69) is 20.8 Å². The zero-order chi connectivity index (χ0) is 10.8. The van der Waals surface area contributed by atoms with Crippen molar-refractivity contribution in [2.24, 2.45) is 5.92 Å². The minimum absolute atomic E-state index is 0.472. The van der Waals surface area contributed by atoms with Gasteiger partial charge in [-0.15, -0.1) is 0 Å². The highest BCUT2D eigenvalue weighted by Crippen LogP contribution is 2.03. The summed E-state index contributed by atoms with van der Waals surface area (Å²) in [5.74, 6) is 0.662. The van der Waals surface area contributed by atoms with E-state index in [-0.39, 0.29) is 0 Å². The quantitative estimate of drug-likeness (QED) is 0.469. The van der Waals surface area contributed by atoms with Crippen LogP contribution in [0.3, 0.4) is 0 Å². The second kappa shape index (κ2) is 8.85. The fourth-order valence-electron chi connectivity index (χ4n) is 0.989. The molecule has 3 heteroatoms. The van der Waals surface area contributed by atoms with Crippen LogP contribution in [-0.2, 0) is 9.47 Å². The van der Waals surface area contributed by atoms with Crippen LogP contribution in [0, 0.1) is 5.92 Å². The van der Waals surface area contributed by atoms with Crippen molar-refractivity contribution in [3.05, 3.63) is 0 Å². The third kappa shape index (κ3) is 9.36. The smallest absolute Gasteiger partial charge is 0.434 e. The molecule has 0 aromatic carbocycles. The molecular formula is C11H22O3. The van der Waals surface area contributed by atoms with Crippen LogP contribution in [-0.4, -0.2) is 19.4 Å². The van der Waals surface area contributed by atoms with Crippen LogP contribution >= 0.6 is 0 Å². The van der Waals surface area contributed by atoms with Gasteiger partial charge in [-0.1, -0.05) is 27.2 Å². The van der Waals surface area contributed by atoms with E-state index in [4.69, 9.17) is 9.47 Å². The molecule has 0 rings (SSSR count). The fourth-order valence-corrected chi connectivity index (χ4v) is 0.989. The minimum Gasteiger partial charge on any atom is -0.434 e. The van der Waals surface area contributed by atoms with Crippen molar-refractivity contribution in [2.45, 2.75) is 46.5 Å². The van der Waals surface area contributed by atoms with Crippen molar-refractivity contribution < 1.29 is 14.3 Å². The zero-order valence-corrected chi connectivity index (χ0v) is 9.54. The van der Waals surface area contributed by atoms with E-state index in [1.807, 2.05) is 0 Å². The summed E-state index contributed by atoms with van der Waals surface area (Å²) in [6, 6.07) is 0. The van der Waals surface area contributed by atoms with Gasteiger partial charge < -0.3 is 9.47 Å². The fraction of sp³-hybridized carbons (Fsp3) is 0.909. The van der Waals surface area contributed by atoms with Crippen LogP contribution in [0.25, 0.3) is 0 Å². The van der Waals surface area contributed by atoms with Gasteiger partial charge in [-0.05, 0) is 25.2 Å². The molecule has 0 N–H and O–H groups in total. The number of hydrogen-bond acceptors (Lipinski definition) is 3. The van der Waals surface area contributed by atoms with Crippen LogP contribution in [0.1, 0.15) is 46.5 Å². The summed E-state index contributed by atoms with van der Waals surface area (Å²) < 4.78 is 9.71. The number of rotatable bonds is 7. The van der Waals surface area contributed by atoms with Crippen LogP contribution in [0.4, 0.5) is 4.79 Å². The number of unbranched alkanes of at least 4 members (excludes halogenated alkanes) is 1. The summed E-state index contributed by atoms with van der Waals surface area (Å²) in [7, 11) is 0. The van der Waals surface area contributed by atoms with Crippen molar-refractivity contribution in [3.8, 4) is 0 Å². The average molecular weight is 202 g/mol. The Morgan fingerprint density at radius 3 is 2.21 bits per heavy atom.